The van der Waals surface area contributed by atoms with Crippen LogP contribution in [-0.4, -0.2) is 22.3 Å². The van der Waals surface area contributed by atoms with Crippen molar-refractivity contribution >= 4 is 39.4 Å². The summed E-state index contributed by atoms with van der Waals surface area (Å²) in [5.74, 6) is -0.367. The number of hydrogen-bond acceptors (Lipinski definition) is 3. The monoisotopic (exact) mass is 459 g/mol. The van der Waals surface area contributed by atoms with Crippen LogP contribution in [0.4, 0.5) is 0 Å². The zero-order chi connectivity index (χ0) is 21.1. The van der Waals surface area contributed by atoms with Crippen LogP contribution in [0.3, 0.4) is 0 Å². The van der Waals surface area contributed by atoms with Gasteiger partial charge in [-0.25, -0.2) is 5.43 Å². The maximum Gasteiger partial charge on any atom is 0.271 e. The van der Waals surface area contributed by atoms with Crippen molar-refractivity contribution in [2.24, 2.45) is 5.10 Å². The Morgan fingerprint density at radius 1 is 0.933 bits per heavy atom. The summed E-state index contributed by atoms with van der Waals surface area (Å²) in [6.45, 7) is 1.89. The normalized spacial score (nSPS) is 11.1. The molecule has 2 heterocycles. The number of ketones is 1. The molecule has 148 valence electrons. The molecule has 0 spiro atoms. The summed E-state index contributed by atoms with van der Waals surface area (Å²) in [7, 11) is 0. The number of halogens is 1. The Kier molecular flexibility index (Phi) is 5.59. The Bertz CT molecular complexity index is 1260. The number of fused-ring (bicyclic) bond motifs is 1. The largest absolute Gasteiger partial charge is 0.313 e. The number of benzene rings is 2. The van der Waals surface area contributed by atoms with Gasteiger partial charge in [0.15, 0.2) is 0 Å². The predicted octanol–water partition coefficient (Wildman–Crippen LogP) is 5.01. The van der Waals surface area contributed by atoms with E-state index in [0.717, 1.165) is 21.1 Å². The van der Waals surface area contributed by atoms with E-state index >= 15 is 0 Å². The van der Waals surface area contributed by atoms with Crippen molar-refractivity contribution in [1.29, 1.82) is 0 Å². The lowest BCUT2D eigenvalue weighted by Gasteiger charge is -2.03. The van der Waals surface area contributed by atoms with Gasteiger partial charge in [0.25, 0.3) is 5.91 Å². The number of carbonyl (C=O) groups excluding carboxylic acids is 2. The molecule has 0 aliphatic rings. The molecule has 2 aromatic carbocycles. The molecule has 0 aliphatic carbocycles. The third-order valence-corrected chi connectivity index (χ3v) is 5.38. The molecule has 0 saturated heterocycles. The average molecular weight is 460 g/mol. The summed E-state index contributed by atoms with van der Waals surface area (Å²) < 4.78 is 2.76. The van der Waals surface area contributed by atoms with Crippen molar-refractivity contribution in [3.63, 3.8) is 0 Å². The van der Waals surface area contributed by atoms with Gasteiger partial charge in [-0.3, -0.25) is 9.59 Å². The van der Waals surface area contributed by atoms with Gasteiger partial charge in [-0.05, 0) is 48.9 Å². The van der Waals surface area contributed by atoms with Crippen LogP contribution in [0.5, 0.6) is 0 Å². The van der Waals surface area contributed by atoms with Gasteiger partial charge < -0.3 is 4.40 Å². The first-order valence-electron chi connectivity index (χ1n) is 9.34. The van der Waals surface area contributed by atoms with E-state index in [1.807, 2.05) is 53.9 Å². The summed E-state index contributed by atoms with van der Waals surface area (Å²) in [5, 5.41) is 4.14. The van der Waals surface area contributed by atoms with Crippen molar-refractivity contribution in [2.75, 3.05) is 0 Å². The fourth-order valence-corrected chi connectivity index (χ4v) is 3.61. The molecule has 6 heteroatoms. The number of hydrazone groups is 1. The van der Waals surface area contributed by atoms with E-state index in [-0.39, 0.29) is 11.7 Å². The first kappa shape index (κ1) is 19.8. The minimum absolute atomic E-state index is 0.0622. The molecule has 0 atom stereocenters. The fourth-order valence-electron chi connectivity index (χ4n) is 3.35. The Labute approximate surface area is 182 Å². The SMILES string of the molecule is Cc1c(/C=N/NC(=O)c2ccc(Br)cc2)c2ccccn2c1C(=O)c1ccccc1. The van der Waals surface area contributed by atoms with Gasteiger partial charge >= 0.3 is 0 Å². The Hall–Kier alpha value is -3.51. The number of carbonyl (C=O) groups is 2. The predicted molar refractivity (Wildman–Crippen MR) is 121 cm³/mol. The van der Waals surface area contributed by atoms with Crippen LogP contribution in [0.1, 0.15) is 37.5 Å². The summed E-state index contributed by atoms with van der Waals surface area (Å²) in [6.07, 6.45) is 3.44. The number of nitrogens with one attached hydrogen (secondary N) is 1. The van der Waals surface area contributed by atoms with Crippen LogP contribution in [0.15, 0.2) is 88.6 Å². The second-order valence-corrected chi connectivity index (χ2v) is 7.66. The van der Waals surface area contributed by atoms with E-state index in [4.69, 9.17) is 0 Å². The number of hydrogen-bond donors (Lipinski definition) is 1. The van der Waals surface area contributed by atoms with Gasteiger partial charge in [0.05, 0.1) is 17.4 Å². The number of nitrogens with zero attached hydrogens (tertiary/aromatic N) is 2. The Balaban J connectivity index is 1.67. The number of pyridine rings is 1. The molecule has 0 bridgehead atoms. The molecule has 4 rings (SSSR count). The zero-order valence-corrected chi connectivity index (χ0v) is 17.8. The van der Waals surface area contributed by atoms with Crippen LogP contribution in [-0.2, 0) is 0 Å². The molecule has 1 amide bonds. The third kappa shape index (κ3) is 3.82. The summed E-state index contributed by atoms with van der Waals surface area (Å²) in [4.78, 5) is 25.4. The van der Waals surface area contributed by atoms with E-state index in [0.29, 0.717) is 16.8 Å². The second kappa shape index (κ2) is 8.47. The van der Waals surface area contributed by atoms with Crippen molar-refractivity contribution < 1.29 is 9.59 Å². The lowest BCUT2D eigenvalue weighted by atomic mass is 10.0. The second-order valence-electron chi connectivity index (χ2n) is 6.74. The highest BCUT2D eigenvalue weighted by atomic mass is 79.9. The number of rotatable bonds is 5. The summed E-state index contributed by atoms with van der Waals surface area (Å²) in [5.41, 5.74) is 6.69. The molecule has 0 fully saturated rings. The maximum atomic E-state index is 13.2. The van der Waals surface area contributed by atoms with Crippen molar-refractivity contribution in [1.82, 2.24) is 9.83 Å². The minimum Gasteiger partial charge on any atom is -0.313 e. The van der Waals surface area contributed by atoms with E-state index in [9.17, 15) is 9.59 Å². The maximum absolute atomic E-state index is 13.2. The van der Waals surface area contributed by atoms with Gasteiger partial charge in [-0.15, -0.1) is 0 Å². The number of amides is 1. The van der Waals surface area contributed by atoms with Gasteiger partial charge in [-0.1, -0.05) is 52.3 Å². The molecule has 0 unspecified atom stereocenters. The lowest BCUT2D eigenvalue weighted by molar-refractivity contribution is 0.0954. The average Bonchev–Trinajstić information content (AvgIpc) is 3.05. The molecule has 4 aromatic rings. The highest BCUT2D eigenvalue weighted by Crippen LogP contribution is 2.24. The standard InChI is InChI=1S/C24H18BrN3O2/c1-16-20(15-26-27-24(30)18-10-12-19(25)13-11-18)21-9-5-6-14-28(21)22(16)23(29)17-7-3-2-4-8-17/h2-15H,1H3,(H,27,30)/b26-15+. The van der Waals surface area contributed by atoms with Crippen molar-refractivity contribution in [3.8, 4) is 0 Å². The lowest BCUT2D eigenvalue weighted by Crippen LogP contribution is -2.17. The van der Waals surface area contributed by atoms with Crippen LogP contribution in [0.2, 0.25) is 0 Å². The van der Waals surface area contributed by atoms with E-state index in [1.165, 1.54) is 0 Å². The Morgan fingerprint density at radius 3 is 2.37 bits per heavy atom. The van der Waals surface area contributed by atoms with Gasteiger partial charge in [0.2, 0.25) is 5.78 Å². The summed E-state index contributed by atoms with van der Waals surface area (Å²) in [6, 6.07) is 21.9. The Morgan fingerprint density at radius 2 is 1.63 bits per heavy atom. The van der Waals surface area contributed by atoms with Crippen LogP contribution in [0, 0.1) is 6.92 Å². The van der Waals surface area contributed by atoms with Gasteiger partial charge in [-0.2, -0.15) is 5.10 Å². The van der Waals surface area contributed by atoms with Crippen molar-refractivity contribution in [3.05, 3.63) is 111 Å². The summed E-state index contributed by atoms with van der Waals surface area (Å²) >= 11 is 3.35. The highest BCUT2D eigenvalue weighted by Gasteiger charge is 2.20. The number of aromatic nitrogens is 1. The first-order valence-corrected chi connectivity index (χ1v) is 10.1. The minimum atomic E-state index is -0.305. The van der Waals surface area contributed by atoms with Gasteiger partial charge in [0.1, 0.15) is 0 Å². The van der Waals surface area contributed by atoms with E-state index < -0.39 is 0 Å². The van der Waals surface area contributed by atoms with Crippen LogP contribution >= 0.6 is 15.9 Å². The third-order valence-electron chi connectivity index (χ3n) is 4.85. The molecular weight excluding hydrogens is 442 g/mol. The molecule has 1 N–H and O–H groups in total. The zero-order valence-electron chi connectivity index (χ0n) is 16.2. The fraction of sp³-hybridized carbons (Fsp3) is 0.0417. The first-order chi connectivity index (χ1) is 14.6. The van der Waals surface area contributed by atoms with Gasteiger partial charge in [0, 0.05) is 27.4 Å². The van der Waals surface area contributed by atoms with E-state index in [1.54, 1.807) is 42.6 Å². The molecule has 30 heavy (non-hydrogen) atoms. The van der Waals surface area contributed by atoms with Crippen LogP contribution < -0.4 is 5.43 Å². The highest BCUT2D eigenvalue weighted by molar-refractivity contribution is 9.10. The molecule has 0 radical (unpaired) electrons. The van der Waals surface area contributed by atoms with E-state index in [2.05, 4.69) is 26.5 Å². The van der Waals surface area contributed by atoms with Crippen molar-refractivity contribution in [2.45, 2.75) is 6.92 Å². The quantitative estimate of drug-likeness (QED) is 0.259. The topological polar surface area (TPSA) is 62.9 Å². The molecular formula is C24H18BrN3O2. The van der Waals surface area contributed by atoms with Crippen LogP contribution in [0.25, 0.3) is 5.52 Å². The molecule has 5 nitrogen and oxygen atoms in total. The smallest absolute Gasteiger partial charge is 0.271 e. The molecule has 0 aliphatic heterocycles. The molecule has 0 saturated carbocycles. The molecule has 2 aromatic heterocycles.